The molecule has 4 nitrogen and oxygen atoms in total. The van der Waals surface area contributed by atoms with Crippen molar-refractivity contribution >= 4 is 5.78 Å². The van der Waals surface area contributed by atoms with Crippen LogP contribution in [0, 0.1) is 51.8 Å². The maximum atomic E-state index is 13.4. The number of aliphatic hydroxyl groups excluding tert-OH is 1. The van der Waals surface area contributed by atoms with E-state index in [9.17, 15) is 15.2 Å². The van der Waals surface area contributed by atoms with E-state index in [1.165, 1.54) is 0 Å². The minimum atomic E-state index is -0.405. The number of hydrogen-bond donors (Lipinski definition) is 1. The van der Waals surface area contributed by atoms with Gasteiger partial charge in [-0.2, -0.15) is 5.26 Å². The molecule has 3 unspecified atom stereocenters. The van der Waals surface area contributed by atoms with Crippen molar-refractivity contribution in [2.45, 2.75) is 71.0 Å². The number of aliphatic hydroxyl groups is 1. The fraction of sp³-hybridized carbons (Fsp3) is 0.905. The van der Waals surface area contributed by atoms with Gasteiger partial charge in [-0.3, -0.25) is 4.79 Å². The van der Waals surface area contributed by atoms with Crippen LogP contribution in [-0.4, -0.2) is 30.2 Å². The summed E-state index contributed by atoms with van der Waals surface area (Å²) in [5.74, 6) is 1.84. The lowest BCUT2D eigenvalue weighted by atomic mass is 9.44. The van der Waals surface area contributed by atoms with Crippen molar-refractivity contribution in [3.05, 3.63) is 0 Å². The number of carbonyl (C=O) groups excluding carboxylic acids is 1. The van der Waals surface area contributed by atoms with E-state index in [1.807, 2.05) is 0 Å². The molecule has 9 atom stereocenters. The summed E-state index contributed by atoms with van der Waals surface area (Å²) < 4.78 is 5.57. The van der Waals surface area contributed by atoms with E-state index in [1.54, 1.807) is 7.11 Å². The van der Waals surface area contributed by atoms with Gasteiger partial charge in [0.15, 0.2) is 0 Å². The summed E-state index contributed by atoms with van der Waals surface area (Å²) in [6.45, 7) is 4.48. The number of Topliss-reactive ketones (excluding diaryl/α,β-unsaturated/α-hetero) is 1. The molecule has 0 bridgehead atoms. The van der Waals surface area contributed by atoms with Crippen LogP contribution in [0.1, 0.15) is 58.8 Å². The highest BCUT2D eigenvalue weighted by Gasteiger charge is 2.64. The number of carbonyl (C=O) groups is 1. The van der Waals surface area contributed by atoms with E-state index in [4.69, 9.17) is 4.74 Å². The third-order valence-corrected chi connectivity index (χ3v) is 8.80. The molecule has 0 amide bonds. The van der Waals surface area contributed by atoms with E-state index in [2.05, 4.69) is 19.9 Å². The molecule has 0 saturated heterocycles. The number of nitriles is 1. The molecule has 1 N–H and O–H groups in total. The Morgan fingerprint density at radius 3 is 2.64 bits per heavy atom. The zero-order chi connectivity index (χ0) is 18.0. The first-order valence-electron chi connectivity index (χ1n) is 9.98. The SMILES string of the molecule is CO[C@H]1C[C@@]2(C)C(CC[C@@H]3C2C(=O)C[C@@]2(C)C3CC[C@@H]2C#N)C[C@@H]1O. The van der Waals surface area contributed by atoms with Gasteiger partial charge < -0.3 is 9.84 Å². The van der Waals surface area contributed by atoms with E-state index < -0.39 is 6.10 Å². The summed E-state index contributed by atoms with van der Waals surface area (Å²) in [6, 6.07) is 2.50. The van der Waals surface area contributed by atoms with Gasteiger partial charge in [-0.05, 0) is 67.1 Å². The van der Waals surface area contributed by atoms with Crippen LogP contribution in [0.4, 0.5) is 0 Å². The van der Waals surface area contributed by atoms with Gasteiger partial charge in [0.05, 0.1) is 24.2 Å². The monoisotopic (exact) mass is 345 g/mol. The molecule has 4 fully saturated rings. The maximum Gasteiger partial charge on any atom is 0.137 e. The lowest BCUT2D eigenvalue weighted by Gasteiger charge is -2.60. The number of methoxy groups -OCH3 is 1. The van der Waals surface area contributed by atoms with Gasteiger partial charge in [0.2, 0.25) is 0 Å². The summed E-state index contributed by atoms with van der Waals surface area (Å²) in [7, 11) is 1.67. The summed E-state index contributed by atoms with van der Waals surface area (Å²) >= 11 is 0. The van der Waals surface area contributed by atoms with Crippen molar-refractivity contribution in [3.63, 3.8) is 0 Å². The second-order valence-corrected chi connectivity index (χ2v) is 9.72. The Balaban J connectivity index is 1.69. The molecule has 4 aliphatic carbocycles. The van der Waals surface area contributed by atoms with Crippen molar-refractivity contribution in [1.82, 2.24) is 0 Å². The van der Waals surface area contributed by atoms with E-state index in [-0.39, 0.29) is 28.8 Å². The Labute approximate surface area is 150 Å². The first-order chi connectivity index (χ1) is 11.8. The lowest BCUT2D eigenvalue weighted by Crippen LogP contribution is -2.59. The summed E-state index contributed by atoms with van der Waals surface area (Å²) in [5.41, 5.74) is -0.184. The van der Waals surface area contributed by atoms with E-state index in [0.717, 1.165) is 38.5 Å². The summed E-state index contributed by atoms with van der Waals surface area (Å²) in [4.78, 5) is 13.4. The molecular weight excluding hydrogens is 314 g/mol. The molecule has 0 radical (unpaired) electrons. The van der Waals surface area contributed by atoms with Gasteiger partial charge in [0.1, 0.15) is 5.78 Å². The number of nitrogens with zero attached hydrogens (tertiary/aromatic N) is 1. The van der Waals surface area contributed by atoms with Crippen LogP contribution in [-0.2, 0) is 9.53 Å². The minimum absolute atomic E-state index is 0.0350. The molecule has 0 aliphatic heterocycles. The molecule has 4 rings (SSSR count). The van der Waals surface area contributed by atoms with Crippen molar-refractivity contribution in [3.8, 4) is 6.07 Å². The lowest BCUT2D eigenvalue weighted by molar-refractivity contribution is -0.175. The van der Waals surface area contributed by atoms with Crippen molar-refractivity contribution in [1.29, 1.82) is 5.26 Å². The highest BCUT2D eigenvalue weighted by Crippen LogP contribution is 2.66. The molecule has 138 valence electrons. The number of ketones is 1. The van der Waals surface area contributed by atoms with Crippen molar-refractivity contribution < 1.29 is 14.6 Å². The number of fused-ring (bicyclic) bond motifs is 5. The smallest absolute Gasteiger partial charge is 0.137 e. The van der Waals surface area contributed by atoms with Crippen LogP contribution in [0.5, 0.6) is 0 Å². The van der Waals surface area contributed by atoms with Crippen molar-refractivity contribution in [2.24, 2.45) is 40.4 Å². The number of ether oxygens (including phenoxy) is 1. The maximum absolute atomic E-state index is 13.4. The van der Waals surface area contributed by atoms with Crippen LogP contribution in [0.25, 0.3) is 0 Å². The standard InChI is InChI=1S/C21H31NO3/c1-20-9-17(24)19-14(15(20)7-5-13(20)11-22)6-4-12-8-16(23)18(25-3)10-21(12,19)2/h12-16,18-19,23H,4-10H2,1-3H3/t12?,13-,14+,15?,16+,18+,19?,20-,21+/m1/s1. The van der Waals surface area contributed by atoms with Gasteiger partial charge in [-0.1, -0.05) is 13.8 Å². The Morgan fingerprint density at radius 1 is 1.20 bits per heavy atom. The fourth-order valence-corrected chi connectivity index (χ4v) is 7.53. The van der Waals surface area contributed by atoms with E-state index in [0.29, 0.717) is 30.0 Å². The molecule has 4 aliphatic rings. The molecule has 0 aromatic heterocycles. The third kappa shape index (κ3) is 2.28. The number of hydrogen-bond acceptors (Lipinski definition) is 4. The molecule has 0 aromatic carbocycles. The van der Waals surface area contributed by atoms with Crippen LogP contribution in [0.2, 0.25) is 0 Å². The van der Waals surface area contributed by atoms with Crippen LogP contribution < -0.4 is 0 Å². The van der Waals surface area contributed by atoms with Crippen LogP contribution >= 0.6 is 0 Å². The molecule has 4 saturated carbocycles. The molecular formula is C21H31NO3. The summed E-state index contributed by atoms with van der Waals surface area (Å²) in [6.07, 6.45) is 5.78. The average molecular weight is 345 g/mol. The number of rotatable bonds is 1. The highest BCUT2D eigenvalue weighted by molar-refractivity contribution is 5.84. The Morgan fingerprint density at radius 2 is 1.96 bits per heavy atom. The predicted molar refractivity (Wildman–Crippen MR) is 93.4 cm³/mol. The second kappa shape index (κ2) is 5.79. The van der Waals surface area contributed by atoms with Crippen molar-refractivity contribution in [2.75, 3.05) is 7.11 Å². The van der Waals surface area contributed by atoms with Gasteiger partial charge >= 0.3 is 0 Å². The quantitative estimate of drug-likeness (QED) is 0.791. The van der Waals surface area contributed by atoms with Crippen LogP contribution in [0.15, 0.2) is 0 Å². The van der Waals surface area contributed by atoms with Crippen LogP contribution in [0.3, 0.4) is 0 Å². The van der Waals surface area contributed by atoms with Gasteiger partial charge in [0, 0.05) is 19.4 Å². The molecule has 0 spiro atoms. The Hall–Kier alpha value is -0.920. The fourth-order valence-electron chi connectivity index (χ4n) is 7.53. The Kier molecular flexibility index (Phi) is 4.05. The molecule has 0 heterocycles. The predicted octanol–water partition coefficient (Wildman–Crippen LogP) is 3.33. The normalized spacial score (nSPS) is 55.0. The highest BCUT2D eigenvalue weighted by atomic mass is 16.5. The van der Waals surface area contributed by atoms with E-state index >= 15 is 0 Å². The molecule has 4 heteroatoms. The van der Waals surface area contributed by atoms with Gasteiger partial charge in [-0.25, -0.2) is 0 Å². The van der Waals surface area contributed by atoms with Gasteiger partial charge in [-0.15, -0.1) is 0 Å². The minimum Gasteiger partial charge on any atom is -0.390 e. The zero-order valence-electron chi connectivity index (χ0n) is 15.7. The Bertz CT molecular complexity index is 613. The molecule has 0 aromatic rings. The largest absolute Gasteiger partial charge is 0.390 e. The zero-order valence-corrected chi connectivity index (χ0v) is 15.7. The topological polar surface area (TPSA) is 70.3 Å². The molecule has 25 heavy (non-hydrogen) atoms. The first kappa shape index (κ1) is 17.5. The average Bonchev–Trinajstić information content (AvgIpc) is 2.90. The first-order valence-corrected chi connectivity index (χ1v) is 9.98. The second-order valence-electron chi connectivity index (χ2n) is 9.72. The third-order valence-electron chi connectivity index (χ3n) is 8.80. The summed E-state index contributed by atoms with van der Waals surface area (Å²) in [5, 5.41) is 20.0. The van der Waals surface area contributed by atoms with Gasteiger partial charge in [0.25, 0.3) is 0 Å².